The molecule has 6 heteroatoms. The smallest absolute Gasteiger partial charge is 0.253 e. The van der Waals surface area contributed by atoms with E-state index in [0.717, 1.165) is 76.3 Å². The van der Waals surface area contributed by atoms with Crippen LogP contribution < -0.4 is 5.56 Å². The molecule has 3 aliphatic rings. The van der Waals surface area contributed by atoms with Crippen molar-refractivity contribution in [1.82, 2.24) is 19.4 Å². The van der Waals surface area contributed by atoms with Gasteiger partial charge in [-0.25, -0.2) is 4.98 Å². The number of carbonyl (C=O) groups excluding carboxylic acids is 1. The fourth-order valence-electron chi connectivity index (χ4n) is 5.58. The highest BCUT2D eigenvalue weighted by Gasteiger charge is 2.29. The summed E-state index contributed by atoms with van der Waals surface area (Å²) in [5, 5.41) is 0. The lowest BCUT2D eigenvalue weighted by molar-refractivity contribution is -0.134. The number of carbonyl (C=O) groups is 1. The predicted molar refractivity (Wildman–Crippen MR) is 114 cm³/mol. The SMILES string of the molecule is C[C@@H]1C[C@@H](C)CN(CC(=O)N2CCC(c3cc(=O)n4c(n3)CCCCC4)CC2)C1. The maximum absolute atomic E-state index is 12.8. The molecule has 1 amide bonds. The molecule has 0 radical (unpaired) electrons. The third-order valence-corrected chi connectivity index (χ3v) is 6.96. The number of hydrogen-bond acceptors (Lipinski definition) is 4. The van der Waals surface area contributed by atoms with E-state index < -0.39 is 0 Å². The van der Waals surface area contributed by atoms with Crippen molar-refractivity contribution in [1.29, 1.82) is 0 Å². The van der Waals surface area contributed by atoms with Crippen LogP contribution in [0.2, 0.25) is 0 Å². The van der Waals surface area contributed by atoms with Crippen LogP contribution in [0, 0.1) is 11.8 Å². The number of piperidine rings is 2. The number of amides is 1. The minimum atomic E-state index is 0.110. The summed E-state index contributed by atoms with van der Waals surface area (Å²) in [7, 11) is 0. The first-order valence-corrected chi connectivity index (χ1v) is 11.6. The number of rotatable bonds is 3. The minimum Gasteiger partial charge on any atom is -0.342 e. The van der Waals surface area contributed by atoms with Crippen molar-refractivity contribution in [3.63, 3.8) is 0 Å². The molecule has 29 heavy (non-hydrogen) atoms. The van der Waals surface area contributed by atoms with Gasteiger partial charge in [0.25, 0.3) is 5.56 Å². The molecule has 160 valence electrons. The number of fused-ring (bicyclic) bond motifs is 1. The van der Waals surface area contributed by atoms with Crippen LogP contribution in [0.5, 0.6) is 0 Å². The molecule has 4 rings (SSSR count). The first-order valence-electron chi connectivity index (χ1n) is 11.6. The van der Waals surface area contributed by atoms with Gasteiger partial charge >= 0.3 is 0 Å². The standard InChI is InChI=1S/C23H36N4O2/c1-17-12-18(2)15-25(14-17)16-23(29)26-10-7-19(8-11-26)20-13-22(28)27-9-5-3-4-6-21(27)24-20/h13,17-19H,3-12,14-16H2,1-2H3/t17-,18-/m1/s1. The van der Waals surface area contributed by atoms with Gasteiger partial charge in [-0.1, -0.05) is 20.3 Å². The van der Waals surface area contributed by atoms with Gasteiger partial charge in [-0.3, -0.25) is 19.1 Å². The van der Waals surface area contributed by atoms with Crippen molar-refractivity contribution < 1.29 is 4.79 Å². The van der Waals surface area contributed by atoms with Gasteiger partial charge in [-0.2, -0.15) is 0 Å². The molecule has 0 unspecified atom stereocenters. The second-order valence-corrected chi connectivity index (χ2v) is 9.69. The number of hydrogen-bond donors (Lipinski definition) is 0. The fourth-order valence-corrected chi connectivity index (χ4v) is 5.58. The summed E-state index contributed by atoms with van der Waals surface area (Å²) in [6, 6.07) is 1.76. The molecule has 2 fully saturated rings. The van der Waals surface area contributed by atoms with Crippen LogP contribution in [0.3, 0.4) is 0 Å². The largest absolute Gasteiger partial charge is 0.342 e. The van der Waals surface area contributed by atoms with Crippen molar-refractivity contribution in [2.24, 2.45) is 11.8 Å². The lowest BCUT2D eigenvalue weighted by atomic mass is 9.91. The molecule has 3 aliphatic heterocycles. The minimum absolute atomic E-state index is 0.110. The number of nitrogens with zero attached hydrogens (tertiary/aromatic N) is 4. The summed E-state index contributed by atoms with van der Waals surface area (Å²) < 4.78 is 1.87. The zero-order valence-electron chi connectivity index (χ0n) is 18.1. The fraction of sp³-hybridized carbons (Fsp3) is 0.783. The van der Waals surface area contributed by atoms with E-state index in [0.29, 0.717) is 24.3 Å². The third-order valence-electron chi connectivity index (χ3n) is 6.96. The Kier molecular flexibility index (Phi) is 6.38. The zero-order chi connectivity index (χ0) is 20.4. The average molecular weight is 401 g/mol. The van der Waals surface area contributed by atoms with E-state index in [2.05, 4.69) is 18.7 Å². The Hall–Kier alpha value is -1.69. The van der Waals surface area contributed by atoms with E-state index in [-0.39, 0.29) is 11.5 Å². The van der Waals surface area contributed by atoms with Crippen LogP contribution >= 0.6 is 0 Å². The second kappa shape index (κ2) is 8.99. The van der Waals surface area contributed by atoms with Gasteiger partial charge in [0.05, 0.1) is 12.2 Å². The molecule has 1 aromatic heterocycles. The van der Waals surface area contributed by atoms with Crippen LogP contribution in [0.15, 0.2) is 10.9 Å². The van der Waals surface area contributed by atoms with Gasteiger partial charge in [-0.05, 0) is 43.9 Å². The van der Waals surface area contributed by atoms with Gasteiger partial charge < -0.3 is 4.90 Å². The summed E-state index contributed by atoms with van der Waals surface area (Å²) in [4.78, 5) is 34.7. The molecule has 1 aromatic rings. The van der Waals surface area contributed by atoms with Gasteiger partial charge in [0.2, 0.25) is 5.91 Å². The van der Waals surface area contributed by atoms with Gasteiger partial charge in [-0.15, -0.1) is 0 Å². The lowest BCUT2D eigenvalue weighted by Gasteiger charge is -2.37. The second-order valence-electron chi connectivity index (χ2n) is 9.69. The molecule has 0 bridgehead atoms. The summed E-state index contributed by atoms with van der Waals surface area (Å²) in [6.07, 6.45) is 7.37. The molecule has 4 heterocycles. The van der Waals surface area contributed by atoms with E-state index in [4.69, 9.17) is 4.98 Å². The van der Waals surface area contributed by atoms with Crippen molar-refractivity contribution in [3.8, 4) is 0 Å². The summed E-state index contributed by atoms with van der Waals surface area (Å²) in [5.41, 5.74) is 1.06. The normalized spacial score (nSPS) is 26.8. The molecule has 0 N–H and O–H groups in total. The summed E-state index contributed by atoms with van der Waals surface area (Å²) in [5.74, 6) is 2.89. The van der Waals surface area contributed by atoms with Crippen molar-refractivity contribution in [3.05, 3.63) is 27.9 Å². The Morgan fingerprint density at radius 1 is 1.07 bits per heavy atom. The predicted octanol–water partition coefficient (Wildman–Crippen LogP) is 2.65. The molecule has 2 saturated heterocycles. The van der Waals surface area contributed by atoms with Gasteiger partial charge in [0.15, 0.2) is 0 Å². The van der Waals surface area contributed by atoms with E-state index in [9.17, 15) is 9.59 Å². The van der Waals surface area contributed by atoms with Crippen LogP contribution in [0.4, 0.5) is 0 Å². The van der Waals surface area contributed by atoms with E-state index in [1.54, 1.807) is 6.07 Å². The summed E-state index contributed by atoms with van der Waals surface area (Å²) >= 11 is 0. The third kappa shape index (κ3) is 4.90. The maximum Gasteiger partial charge on any atom is 0.253 e. The zero-order valence-corrected chi connectivity index (χ0v) is 18.1. The molecule has 0 aromatic carbocycles. The highest BCUT2D eigenvalue weighted by molar-refractivity contribution is 5.78. The van der Waals surface area contributed by atoms with Crippen molar-refractivity contribution in [2.45, 2.75) is 71.3 Å². The Bertz CT molecular complexity index is 772. The molecule has 6 nitrogen and oxygen atoms in total. The average Bonchev–Trinajstić information content (AvgIpc) is 2.93. The van der Waals surface area contributed by atoms with Crippen LogP contribution in [-0.2, 0) is 17.8 Å². The van der Waals surface area contributed by atoms with Crippen LogP contribution in [0.1, 0.15) is 69.8 Å². The highest BCUT2D eigenvalue weighted by Crippen LogP contribution is 2.27. The molecule has 0 saturated carbocycles. The van der Waals surface area contributed by atoms with E-state index in [1.165, 1.54) is 12.8 Å². The van der Waals surface area contributed by atoms with Crippen LogP contribution in [0.25, 0.3) is 0 Å². The van der Waals surface area contributed by atoms with Gasteiger partial charge in [0, 0.05) is 51.1 Å². The first-order chi connectivity index (χ1) is 14.0. The van der Waals surface area contributed by atoms with E-state index in [1.807, 2.05) is 9.47 Å². The molecule has 0 spiro atoms. The van der Waals surface area contributed by atoms with Crippen molar-refractivity contribution in [2.75, 3.05) is 32.7 Å². The number of aromatic nitrogens is 2. The Morgan fingerprint density at radius 2 is 1.79 bits per heavy atom. The molecule has 2 atom stereocenters. The number of likely N-dealkylation sites (tertiary alicyclic amines) is 2. The Balaban J connectivity index is 1.35. The highest BCUT2D eigenvalue weighted by atomic mass is 16.2. The number of aryl methyl sites for hydroxylation is 1. The molecule has 0 aliphatic carbocycles. The van der Waals surface area contributed by atoms with Crippen LogP contribution in [-0.4, -0.2) is 58.0 Å². The monoisotopic (exact) mass is 400 g/mol. The topological polar surface area (TPSA) is 58.4 Å². The molecular weight excluding hydrogens is 364 g/mol. The van der Waals surface area contributed by atoms with E-state index >= 15 is 0 Å². The summed E-state index contributed by atoms with van der Waals surface area (Å²) in [6.45, 7) is 9.57. The molecular formula is C23H36N4O2. The maximum atomic E-state index is 12.8. The first kappa shape index (κ1) is 20.6. The Morgan fingerprint density at radius 3 is 2.52 bits per heavy atom. The quantitative estimate of drug-likeness (QED) is 0.783. The van der Waals surface area contributed by atoms with Crippen molar-refractivity contribution >= 4 is 5.91 Å². The van der Waals surface area contributed by atoms with Gasteiger partial charge in [0.1, 0.15) is 5.82 Å². The lowest BCUT2D eigenvalue weighted by Crippen LogP contribution is -2.47. The Labute approximate surface area is 174 Å².